The smallest absolute Gasteiger partial charge is 0.159 e. The number of phenolic OH excluding ortho intramolecular Hbond substituents is 1. The summed E-state index contributed by atoms with van der Waals surface area (Å²) in [6, 6.07) is 11.1. The van der Waals surface area contributed by atoms with Crippen molar-refractivity contribution in [3.05, 3.63) is 64.4 Å². The highest BCUT2D eigenvalue weighted by atomic mass is 35.5. The van der Waals surface area contributed by atoms with Crippen LogP contribution in [0.5, 0.6) is 5.75 Å². The van der Waals surface area contributed by atoms with E-state index in [0.717, 1.165) is 22.3 Å². The van der Waals surface area contributed by atoms with Gasteiger partial charge in [-0.25, -0.2) is 9.97 Å². The van der Waals surface area contributed by atoms with Gasteiger partial charge >= 0.3 is 0 Å². The van der Waals surface area contributed by atoms with Crippen LogP contribution in [0.1, 0.15) is 5.56 Å². The van der Waals surface area contributed by atoms with Gasteiger partial charge in [-0.15, -0.1) is 0 Å². The number of phenols is 1. The summed E-state index contributed by atoms with van der Waals surface area (Å²) < 4.78 is 0. The highest BCUT2D eigenvalue weighted by molar-refractivity contribution is 6.37. The molecule has 0 saturated carbocycles. The third-order valence-electron chi connectivity index (χ3n) is 3.31. The Morgan fingerprint density at radius 1 is 0.909 bits per heavy atom. The van der Waals surface area contributed by atoms with Gasteiger partial charge in [0.25, 0.3) is 0 Å². The summed E-state index contributed by atoms with van der Waals surface area (Å²) in [7, 11) is 0. The molecule has 0 aliphatic rings. The van der Waals surface area contributed by atoms with Crippen LogP contribution in [-0.2, 0) is 0 Å². The van der Waals surface area contributed by atoms with Crippen molar-refractivity contribution >= 4 is 23.2 Å². The van der Waals surface area contributed by atoms with Gasteiger partial charge in [-0.1, -0.05) is 40.9 Å². The number of aromatic nitrogens is 2. The first kappa shape index (κ1) is 14.8. The van der Waals surface area contributed by atoms with Crippen molar-refractivity contribution in [2.45, 2.75) is 6.92 Å². The fourth-order valence-corrected chi connectivity index (χ4v) is 2.74. The van der Waals surface area contributed by atoms with E-state index in [1.807, 2.05) is 25.1 Å². The molecule has 0 radical (unpaired) electrons. The van der Waals surface area contributed by atoms with E-state index in [1.54, 1.807) is 30.6 Å². The van der Waals surface area contributed by atoms with Gasteiger partial charge in [-0.3, -0.25) is 0 Å². The van der Waals surface area contributed by atoms with E-state index in [1.165, 1.54) is 0 Å². The molecule has 1 heterocycles. The normalized spacial score (nSPS) is 10.7. The monoisotopic (exact) mass is 330 g/mol. The van der Waals surface area contributed by atoms with E-state index in [9.17, 15) is 5.11 Å². The van der Waals surface area contributed by atoms with Crippen molar-refractivity contribution in [3.63, 3.8) is 0 Å². The summed E-state index contributed by atoms with van der Waals surface area (Å²) in [6.45, 7) is 2.01. The second-order valence-corrected chi connectivity index (χ2v) is 5.72. The van der Waals surface area contributed by atoms with Crippen LogP contribution in [0.2, 0.25) is 10.0 Å². The minimum Gasteiger partial charge on any atom is -0.505 e. The van der Waals surface area contributed by atoms with Crippen LogP contribution in [-0.4, -0.2) is 15.1 Å². The summed E-state index contributed by atoms with van der Waals surface area (Å²) in [5.41, 5.74) is 3.69. The Bertz CT molecular complexity index is 812. The molecule has 22 heavy (non-hydrogen) atoms. The highest BCUT2D eigenvalue weighted by Crippen LogP contribution is 2.39. The second-order valence-electron chi connectivity index (χ2n) is 4.91. The molecule has 1 aromatic heterocycles. The quantitative estimate of drug-likeness (QED) is 0.708. The maximum absolute atomic E-state index is 9.72. The number of hydrogen-bond donors (Lipinski definition) is 1. The molecule has 0 aliphatic carbocycles. The van der Waals surface area contributed by atoms with Crippen LogP contribution < -0.4 is 0 Å². The van der Waals surface area contributed by atoms with Gasteiger partial charge in [0.2, 0.25) is 0 Å². The molecule has 0 amide bonds. The van der Waals surface area contributed by atoms with E-state index in [-0.39, 0.29) is 15.8 Å². The summed E-state index contributed by atoms with van der Waals surface area (Å²) in [4.78, 5) is 8.62. The van der Waals surface area contributed by atoms with E-state index in [4.69, 9.17) is 23.2 Å². The minimum absolute atomic E-state index is 0.114. The topological polar surface area (TPSA) is 46.0 Å². The Kier molecular flexibility index (Phi) is 4.01. The molecule has 110 valence electrons. The van der Waals surface area contributed by atoms with Crippen LogP contribution in [0.4, 0.5) is 0 Å². The lowest BCUT2D eigenvalue weighted by Crippen LogP contribution is -1.92. The molecule has 0 bridgehead atoms. The standard InChI is InChI=1S/C17H12Cl2N2O/c1-10-3-4-12(11-8-14(18)16(22)15(19)9-11)13(7-10)17-20-5-2-6-21-17/h2-9,22H,1H3. The molecule has 5 heteroatoms. The molecule has 2 aromatic carbocycles. The number of rotatable bonds is 2. The summed E-state index contributed by atoms with van der Waals surface area (Å²) >= 11 is 12.1. The van der Waals surface area contributed by atoms with Crippen LogP contribution in [0.15, 0.2) is 48.8 Å². The van der Waals surface area contributed by atoms with Crippen molar-refractivity contribution in [1.82, 2.24) is 9.97 Å². The van der Waals surface area contributed by atoms with Crippen molar-refractivity contribution in [3.8, 4) is 28.3 Å². The molecular formula is C17H12Cl2N2O. The van der Waals surface area contributed by atoms with Crippen molar-refractivity contribution in [1.29, 1.82) is 0 Å². The van der Waals surface area contributed by atoms with Gasteiger partial charge in [0.05, 0.1) is 10.0 Å². The maximum Gasteiger partial charge on any atom is 0.159 e. The average Bonchev–Trinajstić information content (AvgIpc) is 2.53. The van der Waals surface area contributed by atoms with Gasteiger partial charge in [0, 0.05) is 18.0 Å². The van der Waals surface area contributed by atoms with Crippen molar-refractivity contribution in [2.75, 3.05) is 0 Å². The lowest BCUT2D eigenvalue weighted by molar-refractivity contribution is 0.476. The maximum atomic E-state index is 9.72. The molecule has 0 atom stereocenters. The van der Waals surface area contributed by atoms with E-state index >= 15 is 0 Å². The third kappa shape index (κ3) is 2.78. The first-order valence-electron chi connectivity index (χ1n) is 6.62. The fraction of sp³-hybridized carbons (Fsp3) is 0.0588. The predicted octanol–water partition coefficient (Wildman–Crippen LogP) is 5.13. The Morgan fingerprint density at radius 2 is 1.55 bits per heavy atom. The highest BCUT2D eigenvalue weighted by Gasteiger charge is 2.13. The zero-order valence-corrected chi connectivity index (χ0v) is 13.2. The molecule has 3 nitrogen and oxygen atoms in total. The van der Waals surface area contributed by atoms with Gasteiger partial charge < -0.3 is 5.11 Å². The lowest BCUT2D eigenvalue weighted by atomic mass is 9.97. The number of hydrogen-bond acceptors (Lipinski definition) is 3. The SMILES string of the molecule is Cc1ccc(-c2cc(Cl)c(O)c(Cl)c2)c(-c2ncccn2)c1. The van der Waals surface area contributed by atoms with Crippen molar-refractivity contribution in [2.24, 2.45) is 0 Å². The molecular weight excluding hydrogens is 319 g/mol. The Hall–Kier alpha value is -2.10. The summed E-state index contributed by atoms with van der Waals surface area (Å²) in [6.07, 6.45) is 3.40. The van der Waals surface area contributed by atoms with Crippen LogP contribution in [0.25, 0.3) is 22.5 Å². The lowest BCUT2D eigenvalue weighted by Gasteiger charge is -2.11. The van der Waals surface area contributed by atoms with Gasteiger partial charge in [-0.05, 0) is 42.3 Å². The number of benzene rings is 2. The van der Waals surface area contributed by atoms with Crippen LogP contribution >= 0.6 is 23.2 Å². The average molecular weight is 331 g/mol. The fourth-order valence-electron chi connectivity index (χ4n) is 2.25. The zero-order chi connectivity index (χ0) is 15.7. The summed E-state index contributed by atoms with van der Waals surface area (Å²) in [5, 5.41) is 10.1. The molecule has 0 fully saturated rings. The first-order valence-corrected chi connectivity index (χ1v) is 7.38. The number of nitrogens with zero attached hydrogens (tertiary/aromatic N) is 2. The predicted molar refractivity (Wildman–Crippen MR) is 89.3 cm³/mol. The second kappa shape index (κ2) is 5.95. The Morgan fingerprint density at radius 3 is 2.18 bits per heavy atom. The van der Waals surface area contributed by atoms with Crippen LogP contribution in [0, 0.1) is 6.92 Å². The zero-order valence-electron chi connectivity index (χ0n) is 11.7. The molecule has 0 aliphatic heterocycles. The third-order valence-corrected chi connectivity index (χ3v) is 3.89. The van der Waals surface area contributed by atoms with Crippen LogP contribution in [0.3, 0.4) is 0 Å². The minimum atomic E-state index is -0.114. The molecule has 0 saturated heterocycles. The molecule has 3 rings (SSSR count). The van der Waals surface area contributed by atoms with Crippen molar-refractivity contribution < 1.29 is 5.11 Å². The van der Waals surface area contributed by atoms with E-state index < -0.39 is 0 Å². The number of halogens is 2. The van der Waals surface area contributed by atoms with E-state index in [0.29, 0.717) is 5.82 Å². The molecule has 1 N–H and O–H groups in total. The van der Waals surface area contributed by atoms with Gasteiger partial charge in [-0.2, -0.15) is 0 Å². The first-order chi connectivity index (χ1) is 10.6. The van der Waals surface area contributed by atoms with Gasteiger partial charge in [0.15, 0.2) is 11.6 Å². The number of aryl methyl sites for hydroxylation is 1. The van der Waals surface area contributed by atoms with Gasteiger partial charge in [0.1, 0.15) is 0 Å². The molecule has 0 unspecified atom stereocenters. The Labute approximate surface area is 138 Å². The molecule has 0 spiro atoms. The largest absolute Gasteiger partial charge is 0.505 e. The molecule has 3 aromatic rings. The Balaban J connectivity index is 2.24. The summed E-state index contributed by atoms with van der Waals surface area (Å²) in [5.74, 6) is 0.512. The van der Waals surface area contributed by atoms with E-state index in [2.05, 4.69) is 9.97 Å². The number of aromatic hydroxyl groups is 1.